The van der Waals surface area contributed by atoms with E-state index in [0.717, 1.165) is 17.7 Å². The molecule has 0 aromatic heterocycles. The molecule has 18 heavy (non-hydrogen) atoms. The molecule has 102 valence electrons. The zero-order valence-corrected chi connectivity index (χ0v) is 13.7. The van der Waals surface area contributed by atoms with Crippen LogP contribution in [0, 0.1) is 5.92 Å². The second-order valence-electron chi connectivity index (χ2n) is 4.28. The Morgan fingerprint density at radius 1 is 1.17 bits per heavy atom. The van der Waals surface area contributed by atoms with Crippen LogP contribution in [0.1, 0.15) is 33.6 Å². The molecule has 0 fully saturated rings. The van der Waals surface area contributed by atoms with E-state index in [1.54, 1.807) is 17.8 Å². The summed E-state index contributed by atoms with van der Waals surface area (Å²) >= 11 is 19.7. The van der Waals surface area contributed by atoms with Crippen molar-refractivity contribution in [2.45, 2.75) is 43.8 Å². The minimum Gasteiger partial charge on any atom is -0.505 e. The highest BCUT2D eigenvalue weighted by atomic mass is 35.5. The minimum absolute atomic E-state index is 0.130. The molecule has 0 aliphatic heterocycles. The SMILES string of the molecule is CCC(C)C(CC)Sc1cc(Cl)c(O)c(Cl)c1Cl. The smallest absolute Gasteiger partial charge is 0.154 e. The molecule has 1 aromatic carbocycles. The second kappa shape index (κ2) is 7.14. The molecule has 0 saturated carbocycles. The van der Waals surface area contributed by atoms with Gasteiger partial charge in [-0.3, -0.25) is 0 Å². The van der Waals surface area contributed by atoms with E-state index in [2.05, 4.69) is 20.8 Å². The van der Waals surface area contributed by atoms with Crippen molar-refractivity contribution < 1.29 is 5.11 Å². The third-order valence-corrected chi connectivity index (χ3v) is 5.99. The lowest BCUT2D eigenvalue weighted by atomic mass is 10.0. The van der Waals surface area contributed by atoms with Crippen molar-refractivity contribution in [3.8, 4) is 5.75 Å². The average molecular weight is 328 g/mol. The summed E-state index contributed by atoms with van der Waals surface area (Å²) in [6.07, 6.45) is 2.16. The number of thioether (sulfide) groups is 1. The Morgan fingerprint density at radius 2 is 1.78 bits per heavy atom. The Balaban J connectivity index is 3.04. The zero-order valence-electron chi connectivity index (χ0n) is 10.6. The van der Waals surface area contributed by atoms with Gasteiger partial charge in [0.15, 0.2) is 5.75 Å². The van der Waals surface area contributed by atoms with Gasteiger partial charge in [-0.05, 0) is 18.4 Å². The molecular formula is C13H17Cl3OS. The van der Waals surface area contributed by atoms with Crippen molar-refractivity contribution in [2.24, 2.45) is 5.92 Å². The molecule has 0 aliphatic rings. The lowest BCUT2D eigenvalue weighted by Crippen LogP contribution is -2.12. The number of rotatable bonds is 5. The predicted molar refractivity (Wildman–Crippen MR) is 82.5 cm³/mol. The topological polar surface area (TPSA) is 20.2 Å². The van der Waals surface area contributed by atoms with Gasteiger partial charge in [-0.15, -0.1) is 11.8 Å². The number of benzene rings is 1. The third-order valence-electron chi connectivity index (χ3n) is 3.06. The van der Waals surface area contributed by atoms with Gasteiger partial charge in [-0.1, -0.05) is 62.0 Å². The number of halogens is 3. The first-order chi connectivity index (χ1) is 8.42. The number of phenolic OH excluding ortho intramolecular Hbond substituents is 1. The fraction of sp³-hybridized carbons (Fsp3) is 0.538. The number of hydrogen-bond donors (Lipinski definition) is 1. The summed E-state index contributed by atoms with van der Waals surface area (Å²) in [6, 6.07) is 1.68. The van der Waals surface area contributed by atoms with Crippen molar-refractivity contribution in [3.05, 3.63) is 21.1 Å². The minimum atomic E-state index is -0.149. The van der Waals surface area contributed by atoms with Crippen LogP contribution < -0.4 is 0 Å². The maximum Gasteiger partial charge on any atom is 0.154 e. The number of hydrogen-bond acceptors (Lipinski definition) is 2. The van der Waals surface area contributed by atoms with Gasteiger partial charge < -0.3 is 5.11 Å². The normalized spacial score (nSPS) is 14.6. The predicted octanol–water partition coefficient (Wildman–Crippen LogP) is 6.27. The first-order valence-electron chi connectivity index (χ1n) is 5.95. The molecule has 1 N–H and O–H groups in total. The molecule has 0 bridgehead atoms. The van der Waals surface area contributed by atoms with E-state index in [0.29, 0.717) is 16.2 Å². The molecule has 1 rings (SSSR count). The Hall–Kier alpha value is 0.240. The van der Waals surface area contributed by atoms with E-state index in [4.69, 9.17) is 34.8 Å². The molecule has 1 aromatic rings. The number of phenols is 1. The lowest BCUT2D eigenvalue weighted by Gasteiger charge is -2.22. The Morgan fingerprint density at radius 3 is 2.28 bits per heavy atom. The van der Waals surface area contributed by atoms with E-state index in [-0.39, 0.29) is 15.8 Å². The van der Waals surface area contributed by atoms with Gasteiger partial charge in [0.25, 0.3) is 0 Å². The first-order valence-corrected chi connectivity index (χ1v) is 7.96. The highest BCUT2D eigenvalue weighted by molar-refractivity contribution is 8.00. The van der Waals surface area contributed by atoms with Gasteiger partial charge in [-0.25, -0.2) is 0 Å². The van der Waals surface area contributed by atoms with Crippen LogP contribution in [-0.4, -0.2) is 10.4 Å². The summed E-state index contributed by atoms with van der Waals surface area (Å²) in [5.74, 6) is 0.437. The number of aromatic hydroxyl groups is 1. The summed E-state index contributed by atoms with van der Waals surface area (Å²) in [5, 5.41) is 10.8. The summed E-state index contributed by atoms with van der Waals surface area (Å²) in [6.45, 7) is 6.55. The highest BCUT2D eigenvalue weighted by Crippen LogP contribution is 2.45. The third kappa shape index (κ3) is 3.63. The van der Waals surface area contributed by atoms with Gasteiger partial charge >= 0.3 is 0 Å². The average Bonchev–Trinajstić information content (AvgIpc) is 2.38. The molecule has 1 nitrogen and oxygen atoms in total. The van der Waals surface area contributed by atoms with Gasteiger partial charge in [0, 0.05) is 10.1 Å². The molecule has 0 saturated heterocycles. The van der Waals surface area contributed by atoms with Gasteiger partial charge in [0.05, 0.1) is 10.0 Å². The van der Waals surface area contributed by atoms with Gasteiger partial charge in [0.2, 0.25) is 0 Å². The molecule has 0 aliphatic carbocycles. The van der Waals surface area contributed by atoms with Crippen LogP contribution >= 0.6 is 46.6 Å². The Bertz CT molecular complexity index is 423. The largest absolute Gasteiger partial charge is 0.505 e. The Kier molecular flexibility index (Phi) is 6.46. The summed E-state index contributed by atoms with van der Waals surface area (Å²) in [5.41, 5.74) is 0. The van der Waals surface area contributed by atoms with Crippen LogP contribution in [0.4, 0.5) is 0 Å². The van der Waals surface area contributed by atoms with Crippen molar-refractivity contribution in [2.75, 3.05) is 0 Å². The van der Waals surface area contributed by atoms with Crippen LogP contribution in [0.2, 0.25) is 15.1 Å². The van der Waals surface area contributed by atoms with Crippen LogP contribution in [0.5, 0.6) is 5.75 Å². The van der Waals surface area contributed by atoms with Gasteiger partial charge in [0.1, 0.15) is 5.02 Å². The van der Waals surface area contributed by atoms with Crippen molar-refractivity contribution >= 4 is 46.6 Å². The van der Waals surface area contributed by atoms with Crippen LogP contribution in [0.3, 0.4) is 0 Å². The molecule has 2 atom stereocenters. The quantitative estimate of drug-likeness (QED) is 0.508. The first kappa shape index (κ1) is 16.3. The standard InChI is InChI=1S/C13H17Cl3OS/c1-4-7(3)9(5-2)18-10-6-8(14)13(17)12(16)11(10)15/h6-7,9,17H,4-5H2,1-3H3. The van der Waals surface area contributed by atoms with Gasteiger partial charge in [-0.2, -0.15) is 0 Å². The molecule has 5 heteroatoms. The summed E-state index contributed by atoms with van der Waals surface area (Å²) < 4.78 is 0. The highest BCUT2D eigenvalue weighted by Gasteiger charge is 2.20. The monoisotopic (exact) mass is 326 g/mol. The molecule has 0 amide bonds. The zero-order chi connectivity index (χ0) is 13.9. The summed E-state index contributed by atoms with van der Waals surface area (Å²) in [4.78, 5) is 0.830. The molecular weight excluding hydrogens is 311 g/mol. The maximum atomic E-state index is 9.60. The van der Waals surface area contributed by atoms with Crippen LogP contribution in [-0.2, 0) is 0 Å². The lowest BCUT2D eigenvalue weighted by molar-refractivity contribution is 0.475. The van der Waals surface area contributed by atoms with Crippen LogP contribution in [0.25, 0.3) is 0 Å². The fourth-order valence-corrected chi connectivity index (χ4v) is 3.84. The second-order valence-corrected chi connectivity index (χ2v) is 6.73. The van der Waals surface area contributed by atoms with Crippen LogP contribution in [0.15, 0.2) is 11.0 Å². The molecule has 2 unspecified atom stereocenters. The van der Waals surface area contributed by atoms with Crippen molar-refractivity contribution in [1.29, 1.82) is 0 Å². The maximum absolute atomic E-state index is 9.60. The van der Waals surface area contributed by atoms with E-state index in [9.17, 15) is 5.11 Å². The van der Waals surface area contributed by atoms with E-state index in [1.807, 2.05) is 0 Å². The van der Waals surface area contributed by atoms with Crippen molar-refractivity contribution in [1.82, 2.24) is 0 Å². The summed E-state index contributed by atoms with van der Waals surface area (Å²) in [7, 11) is 0. The molecule has 0 radical (unpaired) electrons. The van der Waals surface area contributed by atoms with Crippen molar-refractivity contribution in [3.63, 3.8) is 0 Å². The Labute approximate surface area is 128 Å². The molecule has 0 heterocycles. The van der Waals surface area contributed by atoms with E-state index >= 15 is 0 Å². The molecule has 0 spiro atoms. The fourth-order valence-electron chi connectivity index (χ4n) is 1.68. The van der Waals surface area contributed by atoms with E-state index < -0.39 is 0 Å². The van der Waals surface area contributed by atoms with E-state index in [1.165, 1.54) is 0 Å².